The van der Waals surface area contributed by atoms with Crippen LogP contribution in [-0.4, -0.2) is 18.1 Å². The van der Waals surface area contributed by atoms with Crippen molar-refractivity contribution in [3.05, 3.63) is 65.2 Å². The molecule has 2 amide bonds. The van der Waals surface area contributed by atoms with Crippen molar-refractivity contribution in [2.45, 2.75) is 0 Å². The molecule has 0 N–H and O–H groups in total. The Labute approximate surface area is 109 Å². The fourth-order valence-corrected chi connectivity index (χ4v) is 2.22. The average molecular weight is 251 g/mol. The number of amides is 2. The highest BCUT2D eigenvalue weighted by atomic mass is 16.2. The van der Waals surface area contributed by atoms with E-state index in [0.717, 1.165) is 4.90 Å². The van der Waals surface area contributed by atoms with Crippen LogP contribution in [0.2, 0.25) is 0 Å². The van der Waals surface area contributed by atoms with Crippen LogP contribution in [0.3, 0.4) is 0 Å². The monoisotopic (exact) mass is 251 g/mol. The minimum atomic E-state index is -0.450. The van der Waals surface area contributed by atoms with Gasteiger partial charge < -0.3 is 0 Å². The van der Waals surface area contributed by atoms with E-state index in [4.69, 9.17) is 0 Å². The van der Waals surface area contributed by atoms with Gasteiger partial charge in [-0.3, -0.25) is 14.4 Å². The maximum Gasteiger partial charge on any atom is 0.266 e. The maximum atomic E-state index is 12.3. The third-order valence-corrected chi connectivity index (χ3v) is 3.09. The van der Waals surface area contributed by atoms with Gasteiger partial charge in [-0.25, -0.2) is 4.90 Å². The molecule has 2 aromatic rings. The van der Waals surface area contributed by atoms with Crippen molar-refractivity contribution in [3.8, 4) is 0 Å². The summed E-state index contributed by atoms with van der Waals surface area (Å²) in [6.07, 6.45) is 0.596. The van der Waals surface area contributed by atoms with Crippen LogP contribution in [0.4, 0.5) is 5.69 Å². The molecule has 92 valence electrons. The Bertz CT molecular complexity index is 692. The van der Waals surface area contributed by atoms with Gasteiger partial charge in [0.2, 0.25) is 0 Å². The number of nitrogens with zero attached hydrogens (tertiary/aromatic N) is 1. The van der Waals surface area contributed by atoms with Crippen molar-refractivity contribution in [1.29, 1.82) is 0 Å². The molecule has 0 radical (unpaired) electrons. The van der Waals surface area contributed by atoms with Crippen LogP contribution in [0.15, 0.2) is 48.5 Å². The molecule has 0 saturated carbocycles. The molecule has 0 fully saturated rings. The lowest BCUT2D eigenvalue weighted by Crippen LogP contribution is -2.29. The van der Waals surface area contributed by atoms with Gasteiger partial charge in [0.1, 0.15) is 0 Å². The van der Waals surface area contributed by atoms with Gasteiger partial charge in [0, 0.05) is 5.56 Å². The van der Waals surface area contributed by atoms with E-state index in [1.165, 1.54) is 6.07 Å². The molecule has 3 rings (SSSR count). The number of carbonyl (C=O) groups excluding carboxylic acids is 3. The van der Waals surface area contributed by atoms with Gasteiger partial charge >= 0.3 is 0 Å². The Morgan fingerprint density at radius 2 is 1.58 bits per heavy atom. The van der Waals surface area contributed by atoms with Gasteiger partial charge in [0.05, 0.1) is 16.8 Å². The molecule has 2 aromatic carbocycles. The summed E-state index contributed by atoms with van der Waals surface area (Å²) in [5.41, 5.74) is 1.21. The van der Waals surface area contributed by atoms with Crippen molar-refractivity contribution in [2.24, 2.45) is 0 Å². The standard InChI is InChI=1S/C15H9NO3/c17-9-10-5-4-8-12-13(10)15(19)16(14(12)18)11-6-2-1-3-7-11/h1-9H. The minimum Gasteiger partial charge on any atom is -0.298 e. The lowest BCUT2D eigenvalue weighted by atomic mass is 10.0. The van der Waals surface area contributed by atoms with Crippen LogP contribution in [0.1, 0.15) is 31.1 Å². The van der Waals surface area contributed by atoms with Gasteiger partial charge in [-0.1, -0.05) is 30.3 Å². The second kappa shape index (κ2) is 4.17. The summed E-state index contributed by atoms with van der Waals surface area (Å²) in [6, 6.07) is 13.4. The summed E-state index contributed by atoms with van der Waals surface area (Å²) in [5.74, 6) is -0.844. The number of carbonyl (C=O) groups is 3. The van der Waals surface area contributed by atoms with E-state index in [1.807, 2.05) is 0 Å². The molecule has 1 aliphatic heterocycles. The number of rotatable bonds is 2. The Morgan fingerprint density at radius 1 is 0.842 bits per heavy atom. The Kier molecular flexibility index (Phi) is 2.49. The van der Waals surface area contributed by atoms with Crippen LogP contribution < -0.4 is 4.90 Å². The van der Waals surface area contributed by atoms with Crippen LogP contribution in [-0.2, 0) is 0 Å². The highest BCUT2D eigenvalue weighted by Crippen LogP contribution is 2.29. The smallest absolute Gasteiger partial charge is 0.266 e. The van der Waals surface area contributed by atoms with E-state index in [-0.39, 0.29) is 16.7 Å². The highest BCUT2D eigenvalue weighted by Gasteiger charge is 2.38. The van der Waals surface area contributed by atoms with Gasteiger partial charge in [-0.2, -0.15) is 0 Å². The van der Waals surface area contributed by atoms with Crippen LogP contribution >= 0.6 is 0 Å². The predicted molar refractivity (Wildman–Crippen MR) is 69.4 cm³/mol. The largest absolute Gasteiger partial charge is 0.298 e. The first-order valence-corrected chi connectivity index (χ1v) is 5.76. The van der Waals surface area contributed by atoms with Crippen LogP contribution in [0.5, 0.6) is 0 Å². The Hall–Kier alpha value is -2.75. The molecule has 1 aliphatic rings. The van der Waals surface area contributed by atoms with E-state index < -0.39 is 11.8 Å². The zero-order valence-corrected chi connectivity index (χ0v) is 9.87. The number of fused-ring (bicyclic) bond motifs is 1. The van der Waals surface area contributed by atoms with Gasteiger partial charge in [-0.05, 0) is 18.2 Å². The summed E-state index contributed by atoms with van der Waals surface area (Å²) >= 11 is 0. The molecule has 0 spiro atoms. The Balaban J connectivity index is 2.18. The highest BCUT2D eigenvalue weighted by molar-refractivity contribution is 6.35. The molecule has 4 nitrogen and oxygen atoms in total. The maximum absolute atomic E-state index is 12.3. The lowest BCUT2D eigenvalue weighted by molar-refractivity contribution is 0.0923. The number of hydrogen-bond acceptors (Lipinski definition) is 3. The summed E-state index contributed by atoms with van der Waals surface area (Å²) in [6.45, 7) is 0. The summed E-state index contributed by atoms with van der Waals surface area (Å²) in [4.78, 5) is 36.7. The number of anilines is 1. The minimum absolute atomic E-state index is 0.186. The molecule has 0 saturated heterocycles. The quantitative estimate of drug-likeness (QED) is 0.608. The molecule has 4 heteroatoms. The van der Waals surface area contributed by atoms with Gasteiger partial charge in [0.25, 0.3) is 11.8 Å². The lowest BCUT2D eigenvalue weighted by Gasteiger charge is -2.13. The third-order valence-electron chi connectivity index (χ3n) is 3.09. The van der Waals surface area contributed by atoms with E-state index >= 15 is 0 Å². The fraction of sp³-hybridized carbons (Fsp3) is 0. The average Bonchev–Trinajstić information content (AvgIpc) is 2.72. The normalized spacial score (nSPS) is 13.6. The molecule has 0 aliphatic carbocycles. The SMILES string of the molecule is O=Cc1cccc2c1C(=O)N(c1ccccc1)C2=O. The van der Waals surface area contributed by atoms with Crippen molar-refractivity contribution in [2.75, 3.05) is 4.90 Å². The van der Waals surface area contributed by atoms with E-state index in [2.05, 4.69) is 0 Å². The van der Waals surface area contributed by atoms with E-state index in [9.17, 15) is 14.4 Å². The predicted octanol–water partition coefficient (Wildman–Crippen LogP) is 2.30. The second-order valence-electron chi connectivity index (χ2n) is 4.17. The van der Waals surface area contributed by atoms with Crippen molar-refractivity contribution < 1.29 is 14.4 Å². The van der Waals surface area contributed by atoms with Crippen molar-refractivity contribution in [1.82, 2.24) is 0 Å². The second-order valence-corrected chi connectivity index (χ2v) is 4.17. The van der Waals surface area contributed by atoms with Crippen molar-refractivity contribution >= 4 is 23.8 Å². The zero-order valence-electron chi connectivity index (χ0n) is 9.87. The molecule has 0 bridgehead atoms. The first-order valence-electron chi connectivity index (χ1n) is 5.76. The fourth-order valence-electron chi connectivity index (χ4n) is 2.22. The first-order chi connectivity index (χ1) is 9.24. The van der Waals surface area contributed by atoms with Crippen LogP contribution in [0, 0.1) is 0 Å². The number of hydrogen-bond donors (Lipinski definition) is 0. The molecular formula is C15H9NO3. The first kappa shape index (κ1) is 11.3. The molecule has 0 unspecified atom stereocenters. The van der Waals surface area contributed by atoms with E-state index in [1.54, 1.807) is 42.5 Å². The third kappa shape index (κ3) is 1.57. The zero-order chi connectivity index (χ0) is 13.4. The van der Waals surface area contributed by atoms with Crippen molar-refractivity contribution in [3.63, 3.8) is 0 Å². The Morgan fingerprint density at radius 3 is 2.26 bits per heavy atom. The summed E-state index contributed by atoms with van der Waals surface area (Å²) < 4.78 is 0. The molecule has 0 aromatic heterocycles. The number of imide groups is 1. The van der Waals surface area contributed by atoms with E-state index in [0.29, 0.717) is 12.0 Å². The summed E-state index contributed by atoms with van der Waals surface area (Å²) in [5, 5.41) is 0. The topological polar surface area (TPSA) is 54.5 Å². The number of benzene rings is 2. The van der Waals surface area contributed by atoms with Gasteiger partial charge in [0.15, 0.2) is 6.29 Å². The molecule has 1 heterocycles. The summed E-state index contributed by atoms with van der Waals surface area (Å²) in [7, 11) is 0. The van der Waals surface area contributed by atoms with Gasteiger partial charge in [-0.15, -0.1) is 0 Å². The number of aldehydes is 1. The molecule has 0 atom stereocenters. The van der Waals surface area contributed by atoms with Crippen LogP contribution in [0.25, 0.3) is 0 Å². The molecular weight excluding hydrogens is 242 g/mol. The number of para-hydroxylation sites is 1. The molecule has 19 heavy (non-hydrogen) atoms.